The Kier molecular flexibility index (Phi) is 2.93. The summed E-state index contributed by atoms with van der Waals surface area (Å²) in [5.41, 5.74) is 1.15. The Morgan fingerprint density at radius 2 is 1.91 bits per heavy atom. The van der Waals surface area contributed by atoms with Crippen LogP contribution in [0.15, 0.2) is 41.5 Å². The molecule has 1 rings (SSSR count). The zero-order chi connectivity index (χ0) is 7.94. The van der Waals surface area contributed by atoms with E-state index in [4.69, 9.17) is 5.84 Å². The molecule has 0 radical (unpaired) electrons. The maximum atomic E-state index is 4.91. The molecule has 2 N–H and O–H groups in total. The maximum absolute atomic E-state index is 4.91. The first-order chi connectivity index (χ1) is 5.43. The molecule has 0 unspecified atom stereocenters. The van der Waals surface area contributed by atoms with Crippen LogP contribution in [0.25, 0.3) is 6.08 Å². The van der Waals surface area contributed by atoms with Gasteiger partial charge < -0.3 is 5.84 Å². The molecule has 0 aliphatic rings. The molecule has 0 saturated heterocycles. The van der Waals surface area contributed by atoms with Crippen molar-refractivity contribution in [3.8, 4) is 0 Å². The lowest BCUT2D eigenvalue weighted by atomic mass is 10.2. The normalized spacial score (nSPS) is 11.3. The van der Waals surface area contributed by atoms with Crippen molar-refractivity contribution in [1.82, 2.24) is 0 Å². The van der Waals surface area contributed by atoms with Crippen molar-refractivity contribution in [2.75, 3.05) is 0 Å². The van der Waals surface area contributed by atoms with Crippen LogP contribution >= 0.6 is 0 Å². The number of hydrazone groups is 1. The summed E-state index contributed by atoms with van der Waals surface area (Å²) < 4.78 is 0. The molecule has 0 spiro atoms. The molecule has 0 saturated carbocycles. The van der Waals surface area contributed by atoms with Gasteiger partial charge in [0.05, 0.1) is 0 Å². The Morgan fingerprint density at radius 3 is 2.55 bits per heavy atom. The monoisotopic (exact) mass is 146 g/mol. The Labute approximate surface area is 66.0 Å². The van der Waals surface area contributed by atoms with E-state index in [1.807, 2.05) is 36.4 Å². The van der Waals surface area contributed by atoms with Crippen molar-refractivity contribution < 1.29 is 0 Å². The van der Waals surface area contributed by atoms with Crippen LogP contribution in [0.3, 0.4) is 0 Å². The van der Waals surface area contributed by atoms with Crippen molar-refractivity contribution in [2.24, 2.45) is 10.9 Å². The molecular formula is C9H10N2. The first kappa shape index (κ1) is 7.54. The highest BCUT2D eigenvalue weighted by Crippen LogP contribution is 1.99. The van der Waals surface area contributed by atoms with Gasteiger partial charge in [-0.3, -0.25) is 0 Å². The molecule has 56 valence electrons. The van der Waals surface area contributed by atoms with E-state index in [-0.39, 0.29) is 0 Å². The van der Waals surface area contributed by atoms with Crippen LogP contribution in [0.4, 0.5) is 0 Å². The molecule has 0 atom stereocenters. The third-order valence-electron chi connectivity index (χ3n) is 1.26. The zero-order valence-electron chi connectivity index (χ0n) is 6.14. The largest absolute Gasteiger partial charge is 0.323 e. The summed E-state index contributed by atoms with van der Waals surface area (Å²) in [5, 5.41) is 3.34. The Balaban J connectivity index is 2.64. The minimum Gasteiger partial charge on any atom is -0.323 e. The second-order valence-electron chi connectivity index (χ2n) is 2.07. The standard InChI is InChI=1S/C9H10N2/c10-11-8-4-7-9-5-2-1-3-6-9/h1-8H,10H2/b7-4+,11-8-. The fourth-order valence-electron chi connectivity index (χ4n) is 0.768. The second kappa shape index (κ2) is 4.28. The van der Waals surface area contributed by atoms with E-state index in [1.165, 1.54) is 0 Å². The molecule has 1 aromatic rings. The van der Waals surface area contributed by atoms with Crippen LogP contribution in [0.2, 0.25) is 0 Å². The van der Waals surface area contributed by atoms with E-state index >= 15 is 0 Å². The molecule has 0 aliphatic carbocycles. The van der Waals surface area contributed by atoms with Crippen molar-refractivity contribution in [1.29, 1.82) is 0 Å². The van der Waals surface area contributed by atoms with E-state index in [0.29, 0.717) is 0 Å². The van der Waals surface area contributed by atoms with Crippen LogP contribution < -0.4 is 5.84 Å². The SMILES string of the molecule is N/N=C\C=C\c1ccccc1. The molecule has 0 aromatic heterocycles. The highest BCUT2D eigenvalue weighted by molar-refractivity contribution is 5.77. The summed E-state index contributed by atoms with van der Waals surface area (Å²) in [4.78, 5) is 0. The molecule has 0 fully saturated rings. The van der Waals surface area contributed by atoms with Gasteiger partial charge in [-0.2, -0.15) is 5.10 Å². The summed E-state index contributed by atoms with van der Waals surface area (Å²) >= 11 is 0. The summed E-state index contributed by atoms with van der Waals surface area (Å²) in [6.07, 6.45) is 5.29. The predicted molar refractivity (Wildman–Crippen MR) is 48.2 cm³/mol. The Morgan fingerprint density at radius 1 is 1.18 bits per heavy atom. The maximum Gasteiger partial charge on any atom is 0.0465 e. The van der Waals surface area contributed by atoms with Gasteiger partial charge in [-0.15, -0.1) is 0 Å². The highest BCUT2D eigenvalue weighted by atomic mass is 15.1. The predicted octanol–water partition coefficient (Wildman–Crippen LogP) is 1.64. The van der Waals surface area contributed by atoms with Crippen LogP contribution in [0.5, 0.6) is 0 Å². The smallest absolute Gasteiger partial charge is 0.0465 e. The number of hydrogen-bond acceptors (Lipinski definition) is 2. The Bertz CT molecular complexity index is 250. The van der Waals surface area contributed by atoms with E-state index < -0.39 is 0 Å². The number of hydrogen-bond donors (Lipinski definition) is 1. The van der Waals surface area contributed by atoms with Gasteiger partial charge in [-0.05, 0) is 11.6 Å². The summed E-state index contributed by atoms with van der Waals surface area (Å²) in [6.45, 7) is 0. The van der Waals surface area contributed by atoms with Crippen molar-refractivity contribution in [3.63, 3.8) is 0 Å². The van der Waals surface area contributed by atoms with Crippen LogP contribution in [-0.2, 0) is 0 Å². The summed E-state index contributed by atoms with van der Waals surface area (Å²) in [6, 6.07) is 9.98. The topological polar surface area (TPSA) is 38.4 Å². The third kappa shape index (κ3) is 2.67. The minimum atomic E-state index is 1.15. The molecule has 0 aliphatic heterocycles. The molecule has 11 heavy (non-hydrogen) atoms. The van der Waals surface area contributed by atoms with Gasteiger partial charge in [0.25, 0.3) is 0 Å². The molecule has 1 aromatic carbocycles. The fourth-order valence-corrected chi connectivity index (χ4v) is 0.768. The van der Waals surface area contributed by atoms with Gasteiger partial charge in [0.1, 0.15) is 0 Å². The van der Waals surface area contributed by atoms with Gasteiger partial charge in [0, 0.05) is 6.21 Å². The average molecular weight is 146 g/mol. The first-order valence-corrected chi connectivity index (χ1v) is 3.38. The van der Waals surface area contributed by atoms with Crippen molar-refractivity contribution >= 4 is 12.3 Å². The third-order valence-corrected chi connectivity index (χ3v) is 1.26. The van der Waals surface area contributed by atoms with Crippen LogP contribution in [0.1, 0.15) is 5.56 Å². The lowest BCUT2D eigenvalue weighted by Gasteiger charge is -1.87. The zero-order valence-corrected chi connectivity index (χ0v) is 6.14. The lowest BCUT2D eigenvalue weighted by Crippen LogP contribution is -1.77. The number of rotatable bonds is 2. The number of benzene rings is 1. The first-order valence-electron chi connectivity index (χ1n) is 3.38. The van der Waals surface area contributed by atoms with E-state index in [0.717, 1.165) is 5.56 Å². The average Bonchev–Trinajstić information content (AvgIpc) is 2.07. The quantitative estimate of drug-likeness (QED) is 0.384. The number of allylic oxidation sites excluding steroid dienone is 1. The van der Waals surface area contributed by atoms with Crippen molar-refractivity contribution in [3.05, 3.63) is 42.0 Å². The van der Waals surface area contributed by atoms with Gasteiger partial charge >= 0.3 is 0 Å². The molecule has 0 amide bonds. The van der Waals surface area contributed by atoms with Crippen LogP contribution in [-0.4, -0.2) is 6.21 Å². The fraction of sp³-hybridized carbons (Fsp3) is 0. The second-order valence-corrected chi connectivity index (χ2v) is 2.07. The Hall–Kier alpha value is -1.57. The van der Waals surface area contributed by atoms with E-state index in [9.17, 15) is 0 Å². The summed E-state index contributed by atoms with van der Waals surface area (Å²) in [7, 11) is 0. The van der Waals surface area contributed by atoms with Crippen molar-refractivity contribution in [2.45, 2.75) is 0 Å². The lowest BCUT2D eigenvalue weighted by molar-refractivity contribution is 1.27. The molecule has 2 nitrogen and oxygen atoms in total. The molecule has 2 heteroatoms. The summed E-state index contributed by atoms with van der Waals surface area (Å²) in [5.74, 6) is 4.91. The highest BCUT2D eigenvalue weighted by Gasteiger charge is 1.78. The number of nitrogens with two attached hydrogens (primary N) is 1. The van der Waals surface area contributed by atoms with Gasteiger partial charge in [-0.1, -0.05) is 36.4 Å². The van der Waals surface area contributed by atoms with E-state index in [2.05, 4.69) is 5.10 Å². The van der Waals surface area contributed by atoms with Gasteiger partial charge in [0.15, 0.2) is 0 Å². The van der Waals surface area contributed by atoms with Crippen LogP contribution in [0, 0.1) is 0 Å². The van der Waals surface area contributed by atoms with Gasteiger partial charge in [-0.25, -0.2) is 0 Å². The molecule has 0 heterocycles. The van der Waals surface area contributed by atoms with Gasteiger partial charge in [0.2, 0.25) is 0 Å². The van der Waals surface area contributed by atoms with E-state index in [1.54, 1.807) is 12.3 Å². The minimum absolute atomic E-state index is 1.15. The molecular weight excluding hydrogens is 136 g/mol. The number of nitrogens with zero attached hydrogens (tertiary/aromatic N) is 1. The molecule has 0 bridgehead atoms.